The van der Waals surface area contributed by atoms with Crippen molar-refractivity contribution in [2.75, 3.05) is 13.7 Å². The highest BCUT2D eigenvalue weighted by Gasteiger charge is 2.52. The van der Waals surface area contributed by atoms with Gasteiger partial charge in [0.15, 0.2) is 0 Å². The average Bonchev–Trinajstić information content (AvgIpc) is 3.43. The van der Waals surface area contributed by atoms with E-state index in [0.717, 1.165) is 49.7 Å². The first-order valence-corrected chi connectivity index (χ1v) is 10.7. The first-order chi connectivity index (χ1) is 15.7. The van der Waals surface area contributed by atoms with Gasteiger partial charge in [-0.2, -0.15) is 0 Å². The molecular weight excluding hydrogens is 402 g/mol. The molecular formula is C27H21NO4. The fourth-order valence-electron chi connectivity index (χ4n) is 4.87. The van der Waals surface area contributed by atoms with E-state index in [-0.39, 0.29) is 5.97 Å². The second-order valence-electron chi connectivity index (χ2n) is 8.26. The van der Waals surface area contributed by atoms with Crippen molar-refractivity contribution >= 4 is 33.2 Å². The van der Waals surface area contributed by atoms with Crippen molar-refractivity contribution in [1.29, 1.82) is 0 Å². The zero-order valence-electron chi connectivity index (χ0n) is 17.6. The van der Waals surface area contributed by atoms with Gasteiger partial charge >= 0.3 is 5.97 Å². The van der Waals surface area contributed by atoms with Gasteiger partial charge in [0.25, 0.3) is 0 Å². The van der Waals surface area contributed by atoms with Crippen LogP contribution in [-0.4, -0.2) is 31.0 Å². The van der Waals surface area contributed by atoms with Gasteiger partial charge in [0.2, 0.25) is 5.60 Å². The lowest BCUT2D eigenvalue weighted by molar-refractivity contribution is -0.156. The predicted molar refractivity (Wildman–Crippen MR) is 124 cm³/mol. The van der Waals surface area contributed by atoms with Crippen LogP contribution in [0.1, 0.15) is 18.4 Å². The van der Waals surface area contributed by atoms with Gasteiger partial charge in [-0.05, 0) is 27.6 Å². The molecule has 2 aliphatic heterocycles. The minimum absolute atomic E-state index is 0.332. The topological polar surface area (TPSA) is 57.1 Å². The summed E-state index contributed by atoms with van der Waals surface area (Å²) < 4.78 is 11.0. The van der Waals surface area contributed by atoms with Gasteiger partial charge in [-0.3, -0.25) is 0 Å². The molecule has 0 amide bonds. The number of fused-ring (bicyclic) bond motifs is 2. The fraction of sp³-hybridized carbons (Fsp3) is 0.185. The summed E-state index contributed by atoms with van der Waals surface area (Å²) in [5.41, 5.74) is 2.73. The number of hydrogen-bond donors (Lipinski definition) is 0. The first kappa shape index (κ1) is 18.9. The number of ether oxygens (including phenoxy) is 2. The molecule has 158 valence electrons. The Labute approximate surface area is 185 Å². The molecule has 6 rings (SSSR count). The molecule has 4 aromatic carbocycles. The van der Waals surface area contributed by atoms with Crippen molar-refractivity contribution in [3.05, 3.63) is 78.4 Å². The van der Waals surface area contributed by atoms with Gasteiger partial charge in [-0.25, -0.2) is 4.79 Å². The molecule has 2 heterocycles. The fourth-order valence-corrected chi connectivity index (χ4v) is 4.87. The van der Waals surface area contributed by atoms with Crippen LogP contribution in [0.5, 0.6) is 5.75 Å². The SMILES string of the molecule is COc1ccc2ccccc2c1-c1c(C2=NO[C@@]3(CCOC3=O)C2)ccc2ccccc12. The zero-order chi connectivity index (χ0) is 21.7. The smallest absolute Gasteiger partial charge is 0.353 e. The van der Waals surface area contributed by atoms with Gasteiger partial charge in [-0.1, -0.05) is 71.9 Å². The Bertz CT molecular complexity index is 1420. The van der Waals surface area contributed by atoms with Crippen molar-refractivity contribution < 1.29 is 19.1 Å². The maximum absolute atomic E-state index is 12.4. The van der Waals surface area contributed by atoms with Crippen LogP contribution in [0.4, 0.5) is 0 Å². The van der Waals surface area contributed by atoms with E-state index in [9.17, 15) is 4.79 Å². The molecule has 0 aliphatic carbocycles. The third-order valence-corrected chi connectivity index (χ3v) is 6.50. The number of carbonyl (C=O) groups is 1. The van der Waals surface area contributed by atoms with E-state index in [1.807, 2.05) is 30.3 Å². The molecule has 0 bridgehead atoms. The van der Waals surface area contributed by atoms with E-state index in [1.54, 1.807) is 7.11 Å². The highest BCUT2D eigenvalue weighted by Crippen LogP contribution is 2.44. The van der Waals surface area contributed by atoms with E-state index < -0.39 is 5.60 Å². The van der Waals surface area contributed by atoms with Gasteiger partial charge < -0.3 is 14.3 Å². The molecule has 1 fully saturated rings. The largest absolute Gasteiger partial charge is 0.496 e. The molecule has 4 aromatic rings. The Morgan fingerprint density at radius 3 is 2.25 bits per heavy atom. The van der Waals surface area contributed by atoms with Gasteiger partial charge in [0.05, 0.1) is 19.4 Å². The van der Waals surface area contributed by atoms with Crippen LogP contribution in [0.3, 0.4) is 0 Å². The van der Waals surface area contributed by atoms with Crippen LogP contribution in [0.25, 0.3) is 32.7 Å². The van der Waals surface area contributed by atoms with Gasteiger partial charge in [-0.15, -0.1) is 0 Å². The maximum Gasteiger partial charge on any atom is 0.353 e. The van der Waals surface area contributed by atoms with Gasteiger partial charge in [0, 0.05) is 29.5 Å². The molecule has 5 heteroatoms. The summed E-state index contributed by atoms with van der Waals surface area (Å²) in [5.74, 6) is 0.456. The molecule has 0 radical (unpaired) electrons. The summed E-state index contributed by atoms with van der Waals surface area (Å²) >= 11 is 0. The quantitative estimate of drug-likeness (QED) is 0.410. The summed E-state index contributed by atoms with van der Waals surface area (Å²) in [6.45, 7) is 0.364. The third-order valence-electron chi connectivity index (χ3n) is 6.50. The summed E-state index contributed by atoms with van der Waals surface area (Å²) in [7, 11) is 1.69. The van der Waals surface area contributed by atoms with E-state index in [0.29, 0.717) is 19.4 Å². The summed E-state index contributed by atoms with van der Waals surface area (Å²) in [4.78, 5) is 18.1. The van der Waals surface area contributed by atoms with Crippen molar-refractivity contribution in [3.8, 4) is 16.9 Å². The van der Waals surface area contributed by atoms with E-state index in [2.05, 4.69) is 47.6 Å². The number of cyclic esters (lactones) is 1. The lowest BCUT2D eigenvalue weighted by atomic mass is 9.85. The lowest BCUT2D eigenvalue weighted by Crippen LogP contribution is -2.34. The molecule has 0 N–H and O–H groups in total. The second kappa shape index (κ2) is 7.09. The molecule has 32 heavy (non-hydrogen) atoms. The predicted octanol–water partition coefficient (Wildman–Crippen LogP) is 5.48. The highest BCUT2D eigenvalue weighted by atomic mass is 16.7. The van der Waals surface area contributed by atoms with Crippen molar-refractivity contribution in [1.82, 2.24) is 0 Å². The number of nitrogens with zero attached hydrogens (tertiary/aromatic N) is 1. The monoisotopic (exact) mass is 423 g/mol. The molecule has 1 spiro atoms. The van der Waals surface area contributed by atoms with Crippen LogP contribution >= 0.6 is 0 Å². The standard InChI is InChI=1S/C27H21NO4/c1-30-23-13-11-18-7-3-5-9-20(18)25(23)24-19-8-4-2-6-17(19)10-12-21(24)22-16-27(32-28-22)14-15-31-26(27)29/h2-13H,14-16H2,1H3/t27-/m0/s1. The van der Waals surface area contributed by atoms with Crippen molar-refractivity contribution in [3.63, 3.8) is 0 Å². The number of benzene rings is 4. The first-order valence-electron chi connectivity index (χ1n) is 10.7. The number of methoxy groups -OCH3 is 1. The minimum atomic E-state index is -0.999. The number of oxime groups is 1. The van der Waals surface area contributed by atoms with E-state index in [1.165, 1.54) is 0 Å². The minimum Gasteiger partial charge on any atom is -0.496 e. The molecule has 0 unspecified atom stereocenters. The molecule has 0 saturated carbocycles. The Hall–Kier alpha value is -3.86. The molecule has 1 saturated heterocycles. The van der Waals surface area contributed by atoms with Crippen LogP contribution < -0.4 is 4.74 Å². The number of esters is 1. The summed E-state index contributed by atoms with van der Waals surface area (Å²) in [6.07, 6.45) is 0.906. The van der Waals surface area contributed by atoms with Crippen LogP contribution in [0.15, 0.2) is 78.0 Å². The molecule has 2 aliphatic rings. The van der Waals surface area contributed by atoms with Crippen LogP contribution in [-0.2, 0) is 14.4 Å². The number of rotatable bonds is 3. The van der Waals surface area contributed by atoms with Crippen molar-refractivity contribution in [2.45, 2.75) is 18.4 Å². The molecule has 5 nitrogen and oxygen atoms in total. The summed E-state index contributed by atoms with van der Waals surface area (Å²) in [6, 6.07) is 24.8. The van der Waals surface area contributed by atoms with E-state index >= 15 is 0 Å². The summed E-state index contributed by atoms with van der Waals surface area (Å²) in [5, 5.41) is 8.83. The van der Waals surface area contributed by atoms with Crippen molar-refractivity contribution in [2.24, 2.45) is 5.16 Å². The lowest BCUT2D eigenvalue weighted by Gasteiger charge is -2.19. The average molecular weight is 423 g/mol. The second-order valence-corrected chi connectivity index (χ2v) is 8.26. The van der Waals surface area contributed by atoms with Crippen LogP contribution in [0, 0.1) is 0 Å². The van der Waals surface area contributed by atoms with Gasteiger partial charge in [0.1, 0.15) is 5.75 Å². The normalized spacial score (nSPS) is 19.9. The highest BCUT2D eigenvalue weighted by molar-refractivity contribution is 6.18. The number of hydrogen-bond acceptors (Lipinski definition) is 5. The van der Waals surface area contributed by atoms with Crippen LogP contribution in [0.2, 0.25) is 0 Å². The Morgan fingerprint density at radius 1 is 0.875 bits per heavy atom. The molecule has 0 aromatic heterocycles. The zero-order valence-corrected chi connectivity index (χ0v) is 17.6. The molecule has 1 atom stereocenters. The number of carbonyl (C=O) groups excluding carboxylic acids is 1. The maximum atomic E-state index is 12.4. The Balaban J connectivity index is 1.65. The third kappa shape index (κ3) is 2.71. The van der Waals surface area contributed by atoms with E-state index in [4.69, 9.17) is 14.3 Å². The Morgan fingerprint density at radius 2 is 1.56 bits per heavy atom. The Kier molecular flexibility index (Phi) is 4.18.